The number of aromatic nitrogens is 8. The van der Waals surface area contributed by atoms with Crippen LogP contribution in [0, 0.1) is 0 Å². The van der Waals surface area contributed by atoms with Crippen LogP contribution in [-0.4, -0.2) is 194 Å². The van der Waals surface area contributed by atoms with Gasteiger partial charge in [0.25, 0.3) is 0 Å². The van der Waals surface area contributed by atoms with E-state index in [9.17, 15) is 22.8 Å². The number of amides is 3. The number of hydrogen-bond donors (Lipinski definition) is 5. The number of H-pyrrole nitrogens is 4. The van der Waals surface area contributed by atoms with Crippen molar-refractivity contribution in [3.05, 3.63) is 106 Å². The lowest BCUT2D eigenvalue weighted by atomic mass is 9.96. The fraction of sp³-hybridized carbons (Fsp3) is 0.468. The summed E-state index contributed by atoms with van der Waals surface area (Å²) in [6, 6.07) is 17.0. The van der Waals surface area contributed by atoms with Crippen molar-refractivity contribution in [3.8, 4) is 0 Å². The van der Waals surface area contributed by atoms with Crippen LogP contribution < -0.4 is 14.7 Å². The number of benzene rings is 4. The van der Waals surface area contributed by atoms with E-state index in [0.717, 1.165) is 81.0 Å². The van der Waals surface area contributed by atoms with Gasteiger partial charge < -0.3 is 34.5 Å². The molecule has 0 atom stereocenters. The molecular weight excluding hydrogens is 1200 g/mol. The normalized spacial score (nSPS) is 19.0. The van der Waals surface area contributed by atoms with E-state index in [1.807, 2.05) is 60.4 Å². The largest absolute Gasteiger partial charge is 0.387 e. The van der Waals surface area contributed by atoms with E-state index in [1.54, 1.807) is 29.2 Å². The molecule has 2 saturated carbocycles. The minimum Gasteiger partial charge on any atom is -0.387 e. The van der Waals surface area contributed by atoms with Crippen LogP contribution in [0.4, 0.5) is 17.1 Å². The smallest absolute Gasteiger partial charge is 0.248 e. The van der Waals surface area contributed by atoms with Crippen LogP contribution >= 0.6 is 27.5 Å². The second-order valence-corrected chi connectivity index (χ2v) is 28.0. The zero-order valence-electron chi connectivity index (χ0n) is 50.0. The van der Waals surface area contributed by atoms with E-state index in [1.165, 1.54) is 71.0 Å². The van der Waals surface area contributed by atoms with Gasteiger partial charge in [-0.1, -0.05) is 33.6 Å². The molecule has 21 nitrogen and oxygen atoms in total. The van der Waals surface area contributed by atoms with E-state index in [2.05, 4.69) is 122 Å². The van der Waals surface area contributed by atoms with Crippen molar-refractivity contribution in [2.45, 2.75) is 96.6 Å². The molecule has 86 heavy (non-hydrogen) atoms. The van der Waals surface area contributed by atoms with Crippen LogP contribution in [0.3, 0.4) is 0 Å². The predicted molar refractivity (Wildman–Crippen MR) is 343 cm³/mol. The number of anilines is 3. The quantitative estimate of drug-likeness (QED) is 0.0955. The minimum absolute atomic E-state index is 0.137. The summed E-state index contributed by atoms with van der Waals surface area (Å²) in [6.07, 6.45) is 16.9. The number of fused-ring (bicyclic) bond motifs is 4. The molecule has 5 N–H and O–H groups in total. The third-order valence-corrected chi connectivity index (χ3v) is 19.7. The maximum atomic E-state index is 12.1. The maximum Gasteiger partial charge on any atom is 0.248 e. The number of carbonyl (C=O) groups is 3. The number of nitrogens with one attached hydrogen (secondary N) is 4. The molecule has 24 heteroatoms. The first kappa shape index (κ1) is 60.6. The first-order valence-electron chi connectivity index (χ1n) is 29.6. The summed E-state index contributed by atoms with van der Waals surface area (Å²) in [7, 11) is -3.19. The molecular formula is C62H77BrClN15O6S. The molecule has 0 spiro atoms. The van der Waals surface area contributed by atoms with Crippen LogP contribution in [0.1, 0.15) is 102 Å². The Bertz CT molecular complexity index is 3970. The molecule has 4 aromatic heterocycles. The number of nitrogens with zero attached hydrogens (tertiary/aromatic N) is 11. The molecule has 456 valence electrons. The molecule has 8 heterocycles. The van der Waals surface area contributed by atoms with Crippen molar-refractivity contribution in [1.29, 1.82) is 0 Å². The molecule has 2 aliphatic carbocycles. The van der Waals surface area contributed by atoms with Crippen molar-refractivity contribution in [3.63, 3.8) is 0 Å². The Morgan fingerprint density at radius 3 is 1.56 bits per heavy atom. The van der Waals surface area contributed by atoms with Gasteiger partial charge in [-0.2, -0.15) is 24.7 Å². The molecule has 0 unspecified atom stereocenters. The third-order valence-electron chi connectivity index (χ3n) is 17.5. The van der Waals surface area contributed by atoms with Gasteiger partial charge in [0.2, 0.25) is 27.7 Å². The highest BCUT2D eigenvalue weighted by Crippen LogP contribution is 2.45. The standard InChI is InChI=1S/C18H24N4O.C17H24N4O2S.C14H14BrN3O.C13H15ClN4O2/c1-12(23)22-7-6-21(11-18(22,2)3)17-9-14(13-4-5-13)8-16-15(17)10-19-20-16;1-17(2)11-20(6-7-21(17)24(3,22)23)16-9-13(12-4-5-12)8-15-14(16)10-18-19-15;1-9(19)18-4-2-10(3-5-18)12-6-11(15)7-14-13(12)8-16-17-14;14-9-5-11-10(7-15-16-11)12(6-9)17-1-3-18(4-2-17)13(20)8-19/h8-10,13H,4-7,11H2,1-3H3,(H,19,20);8-10,12H,4-7,11H2,1-3H3,(H,18,19);2,6-8H,3-5H2,1H3,(H,16,17);5-7,19H,1-4,8H2,(H,15,16). The van der Waals surface area contributed by atoms with Crippen molar-refractivity contribution >= 4 is 122 Å². The first-order valence-corrected chi connectivity index (χ1v) is 32.6. The third kappa shape index (κ3) is 13.3. The molecule has 14 rings (SSSR count). The average Bonchev–Trinajstić information content (AvgIpc) is 2.15. The van der Waals surface area contributed by atoms with Crippen molar-refractivity contribution in [2.24, 2.45) is 0 Å². The Balaban J connectivity index is 0.000000120. The summed E-state index contributed by atoms with van der Waals surface area (Å²) < 4.78 is 26.8. The van der Waals surface area contributed by atoms with Crippen LogP contribution in [0.15, 0.2) is 83.9 Å². The summed E-state index contributed by atoms with van der Waals surface area (Å²) in [5, 5.41) is 42.7. The predicted octanol–water partition coefficient (Wildman–Crippen LogP) is 9.01. The van der Waals surface area contributed by atoms with E-state index in [0.29, 0.717) is 69.2 Å². The zero-order valence-corrected chi connectivity index (χ0v) is 53.1. The summed E-state index contributed by atoms with van der Waals surface area (Å²) in [5.41, 5.74) is 12.2. The Morgan fingerprint density at radius 1 is 0.605 bits per heavy atom. The lowest BCUT2D eigenvalue weighted by Gasteiger charge is -2.47. The number of hydrogen-bond acceptors (Lipinski definition) is 13. The van der Waals surface area contributed by atoms with Gasteiger partial charge in [0.1, 0.15) is 6.61 Å². The second kappa shape index (κ2) is 24.6. The summed E-state index contributed by atoms with van der Waals surface area (Å²) >= 11 is 9.66. The monoisotopic (exact) mass is 1270 g/mol. The second-order valence-electron chi connectivity index (χ2n) is 24.8. The van der Waals surface area contributed by atoms with E-state index < -0.39 is 22.2 Å². The molecule has 0 bridgehead atoms. The topological polar surface area (TPSA) is 243 Å². The van der Waals surface area contributed by atoms with Crippen molar-refractivity contribution in [1.82, 2.24) is 59.8 Å². The first-order chi connectivity index (χ1) is 41.0. The van der Waals surface area contributed by atoms with Crippen LogP contribution in [0.25, 0.3) is 49.2 Å². The molecule has 3 amide bonds. The Labute approximate surface area is 514 Å². The highest BCUT2D eigenvalue weighted by Gasteiger charge is 2.40. The molecule has 6 aliphatic rings. The molecule has 4 aromatic carbocycles. The van der Waals surface area contributed by atoms with Crippen LogP contribution in [0.5, 0.6) is 0 Å². The van der Waals surface area contributed by atoms with Crippen LogP contribution in [0.2, 0.25) is 5.02 Å². The van der Waals surface area contributed by atoms with Gasteiger partial charge in [-0.25, -0.2) is 8.42 Å². The summed E-state index contributed by atoms with van der Waals surface area (Å²) in [5.74, 6) is 1.46. The maximum absolute atomic E-state index is 12.1. The minimum atomic E-state index is -3.19. The summed E-state index contributed by atoms with van der Waals surface area (Å²) in [4.78, 5) is 47.1. The Morgan fingerprint density at radius 2 is 1.09 bits per heavy atom. The van der Waals surface area contributed by atoms with Gasteiger partial charge in [-0.3, -0.25) is 34.8 Å². The molecule has 0 radical (unpaired) electrons. The lowest BCUT2D eigenvalue weighted by molar-refractivity contribution is -0.135. The van der Waals surface area contributed by atoms with Crippen molar-refractivity contribution in [2.75, 3.05) is 106 Å². The van der Waals surface area contributed by atoms with Crippen molar-refractivity contribution < 1.29 is 27.9 Å². The molecule has 8 aromatic rings. The lowest BCUT2D eigenvalue weighted by Crippen LogP contribution is -2.60. The van der Waals surface area contributed by atoms with Gasteiger partial charge in [-0.05, 0) is 142 Å². The fourth-order valence-electron chi connectivity index (χ4n) is 12.9. The van der Waals surface area contributed by atoms with Gasteiger partial charge in [0.05, 0.1) is 58.6 Å². The van der Waals surface area contributed by atoms with Gasteiger partial charge >= 0.3 is 0 Å². The Kier molecular flexibility index (Phi) is 17.4. The van der Waals surface area contributed by atoms with Gasteiger partial charge in [0.15, 0.2) is 0 Å². The fourth-order valence-corrected chi connectivity index (χ4v) is 14.9. The number of sulfonamides is 1. The number of aliphatic hydroxyl groups is 1. The highest BCUT2D eigenvalue weighted by atomic mass is 79.9. The number of halogens is 2. The zero-order chi connectivity index (χ0) is 60.8. The molecule has 3 saturated heterocycles. The van der Waals surface area contributed by atoms with Gasteiger partial charge in [0, 0.05) is 146 Å². The van der Waals surface area contributed by atoms with E-state index in [4.69, 9.17) is 16.7 Å². The number of piperazine rings is 3. The number of aromatic amines is 4. The number of carbonyl (C=O) groups excluding carboxylic acids is 3. The Hall–Kier alpha value is -7.05. The van der Waals surface area contributed by atoms with Gasteiger partial charge in [-0.15, -0.1) is 0 Å². The summed E-state index contributed by atoms with van der Waals surface area (Å²) in [6.45, 7) is 19.6. The average molecular weight is 1280 g/mol. The highest BCUT2D eigenvalue weighted by molar-refractivity contribution is 9.10. The van der Waals surface area contributed by atoms with E-state index >= 15 is 0 Å². The number of aliphatic hydroxyl groups excluding tert-OH is 1. The number of rotatable bonds is 8. The molecule has 4 aliphatic heterocycles. The van der Waals surface area contributed by atoms with Crippen LogP contribution in [-0.2, 0) is 24.4 Å². The SMILES string of the molecule is CC(=O)N1CC=C(c2cc(Br)cc3[nH]ncc23)CC1.CC(=O)N1CCN(c2cc(C3CC3)cc3[nH]ncc23)CC1(C)C.CC1(C)CN(c2cc(C3CC3)cc3[nH]ncc23)CCN1S(C)(=O)=O.O=C(CO)N1CCN(c2cc(Cl)cc3[nH]ncc23)CC1. The van der Waals surface area contributed by atoms with E-state index in [-0.39, 0.29) is 23.3 Å². The molecule has 5 fully saturated rings.